The van der Waals surface area contributed by atoms with Crippen LogP contribution >= 0.6 is 0 Å². The summed E-state index contributed by atoms with van der Waals surface area (Å²) in [5.41, 5.74) is 3.81. The van der Waals surface area contributed by atoms with Gasteiger partial charge in [0.2, 0.25) is 0 Å². The van der Waals surface area contributed by atoms with Crippen molar-refractivity contribution in [1.29, 1.82) is 0 Å². The number of hydrogen-bond donors (Lipinski definition) is 1. The highest BCUT2D eigenvalue weighted by Crippen LogP contribution is 2.43. The van der Waals surface area contributed by atoms with E-state index >= 15 is 0 Å². The Morgan fingerprint density at radius 1 is 1.08 bits per heavy atom. The van der Waals surface area contributed by atoms with E-state index in [1.807, 2.05) is 67.6 Å². The maximum absolute atomic E-state index is 13.4. The highest BCUT2D eigenvalue weighted by molar-refractivity contribution is 6.51. The van der Waals surface area contributed by atoms with E-state index in [0.717, 1.165) is 29.7 Å². The van der Waals surface area contributed by atoms with Crippen LogP contribution in [0.4, 0.5) is 5.69 Å². The molecule has 1 amide bonds. The first-order valence-corrected chi connectivity index (χ1v) is 12.7. The number of hydrogen-bond acceptors (Lipinski definition) is 5. The number of carbonyl (C=O) groups is 2. The normalized spacial score (nSPS) is 18.6. The molecule has 2 heterocycles. The zero-order valence-electron chi connectivity index (χ0n) is 21.4. The number of amides is 1. The van der Waals surface area contributed by atoms with Crippen LogP contribution in [-0.4, -0.2) is 30.0 Å². The molecule has 0 aromatic heterocycles. The molecule has 6 heteroatoms. The minimum Gasteiger partial charge on any atom is -0.507 e. The molecule has 1 saturated heterocycles. The first kappa shape index (κ1) is 24.6. The Hall–Kier alpha value is -4.06. The van der Waals surface area contributed by atoms with E-state index in [1.54, 1.807) is 6.07 Å². The summed E-state index contributed by atoms with van der Waals surface area (Å²) in [6.45, 7) is 7.35. The number of ether oxygens (including phenoxy) is 2. The lowest BCUT2D eigenvalue weighted by molar-refractivity contribution is -0.132. The number of carbonyl (C=O) groups excluding carboxylic acids is 2. The van der Waals surface area contributed by atoms with Gasteiger partial charge in [-0.3, -0.25) is 14.5 Å². The Morgan fingerprint density at radius 2 is 1.86 bits per heavy atom. The standard InChI is InChI=1S/C31H31NO5/c1-19(2)18-37-25-12-9-21(10-13-25)28-27(29(33)23-11-14-26-22(17-23)7-5-15-36-26)30(34)31(35)32(28)24-8-4-6-20(3)16-24/h4,6,8-14,16-17,19,28,33H,5,7,15,18H2,1-3H3/b29-27-. The van der Waals surface area contributed by atoms with Crippen molar-refractivity contribution in [1.82, 2.24) is 0 Å². The van der Waals surface area contributed by atoms with Gasteiger partial charge in [0.05, 0.1) is 24.8 Å². The minimum absolute atomic E-state index is 0.0685. The lowest BCUT2D eigenvalue weighted by atomic mass is 9.93. The van der Waals surface area contributed by atoms with Crippen molar-refractivity contribution in [3.63, 3.8) is 0 Å². The molecule has 1 N–H and O–H groups in total. The third-order valence-corrected chi connectivity index (χ3v) is 6.69. The van der Waals surface area contributed by atoms with E-state index < -0.39 is 17.7 Å². The topological polar surface area (TPSA) is 76.1 Å². The number of aliphatic hydroxyl groups excluding tert-OH is 1. The predicted molar refractivity (Wildman–Crippen MR) is 143 cm³/mol. The zero-order chi connectivity index (χ0) is 26.1. The predicted octanol–water partition coefficient (Wildman–Crippen LogP) is 5.98. The summed E-state index contributed by atoms with van der Waals surface area (Å²) in [6.07, 6.45) is 1.72. The molecule has 0 spiro atoms. The zero-order valence-corrected chi connectivity index (χ0v) is 21.4. The van der Waals surface area contributed by atoms with Gasteiger partial charge in [-0.25, -0.2) is 0 Å². The molecule has 2 aliphatic heterocycles. The molecule has 0 aliphatic carbocycles. The second-order valence-electron chi connectivity index (χ2n) is 10.1. The summed E-state index contributed by atoms with van der Waals surface area (Å²) >= 11 is 0. The fourth-order valence-electron chi connectivity index (χ4n) is 4.86. The number of nitrogens with zero attached hydrogens (tertiary/aromatic N) is 1. The monoisotopic (exact) mass is 497 g/mol. The Bertz CT molecular complexity index is 1370. The van der Waals surface area contributed by atoms with Crippen LogP contribution in [0.5, 0.6) is 11.5 Å². The van der Waals surface area contributed by atoms with E-state index in [1.165, 1.54) is 4.90 Å². The highest BCUT2D eigenvalue weighted by Gasteiger charge is 2.47. The largest absolute Gasteiger partial charge is 0.507 e. The molecule has 0 bridgehead atoms. The van der Waals surface area contributed by atoms with Crippen LogP contribution in [0.3, 0.4) is 0 Å². The molecule has 3 aromatic carbocycles. The van der Waals surface area contributed by atoms with Gasteiger partial charge in [-0.05, 0) is 84.8 Å². The number of rotatable bonds is 6. The van der Waals surface area contributed by atoms with Gasteiger partial charge in [-0.2, -0.15) is 0 Å². The van der Waals surface area contributed by atoms with Crippen LogP contribution in [0, 0.1) is 12.8 Å². The third-order valence-electron chi connectivity index (χ3n) is 6.69. The van der Waals surface area contributed by atoms with Gasteiger partial charge in [-0.15, -0.1) is 0 Å². The number of fused-ring (bicyclic) bond motifs is 1. The molecule has 37 heavy (non-hydrogen) atoms. The van der Waals surface area contributed by atoms with E-state index in [9.17, 15) is 14.7 Å². The summed E-state index contributed by atoms with van der Waals surface area (Å²) in [7, 11) is 0. The van der Waals surface area contributed by atoms with E-state index in [-0.39, 0.29) is 11.3 Å². The molecule has 6 nitrogen and oxygen atoms in total. The lowest BCUT2D eigenvalue weighted by Gasteiger charge is -2.26. The van der Waals surface area contributed by atoms with Gasteiger partial charge < -0.3 is 14.6 Å². The third kappa shape index (κ3) is 4.84. The van der Waals surface area contributed by atoms with Crippen LogP contribution in [0.15, 0.2) is 72.3 Å². The van der Waals surface area contributed by atoms with Gasteiger partial charge in [-0.1, -0.05) is 38.1 Å². The second kappa shape index (κ2) is 10.1. The number of Topliss-reactive ketones (excluding diaryl/α,β-unsaturated/α-hetero) is 1. The van der Waals surface area contributed by atoms with Crippen LogP contribution in [-0.2, 0) is 16.0 Å². The van der Waals surface area contributed by atoms with Crippen molar-refractivity contribution < 1.29 is 24.2 Å². The first-order chi connectivity index (χ1) is 17.8. The summed E-state index contributed by atoms with van der Waals surface area (Å²) in [5, 5.41) is 11.5. The van der Waals surface area contributed by atoms with Crippen molar-refractivity contribution in [3.8, 4) is 11.5 Å². The molecule has 190 valence electrons. The Balaban J connectivity index is 1.62. The van der Waals surface area contributed by atoms with Crippen molar-refractivity contribution in [2.75, 3.05) is 18.1 Å². The Morgan fingerprint density at radius 3 is 2.59 bits per heavy atom. The van der Waals surface area contributed by atoms with Gasteiger partial charge >= 0.3 is 0 Å². The molecule has 1 unspecified atom stereocenters. The van der Waals surface area contributed by atoms with E-state index in [4.69, 9.17) is 9.47 Å². The van der Waals surface area contributed by atoms with Crippen LogP contribution < -0.4 is 14.4 Å². The summed E-state index contributed by atoms with van der Waals surface area (Å²) < 4.78 is 11.5. The average molecular weight is 498 g/mol. The van der Waals surface area contributed by atoms with Crippen molar-refractivity contribution in [2.45, 2.75) is 39.7 Å². The summed E-state index contributed by atoms with van der Waals surface area (Å²) in [5.74, 6) is 0.315. The molecule has 0 saturated carbocycles. The lowest BCUT2D eigenvalue weighted by Crippen LogP contribution is -2.29. The summed E-state index contributed by atoms with van der Waals surface area (Å²) in [6, 6.07) is 19.5. The molecule has 2 aliphatic rings. The van der Waals surface area contributed by atoms with Gasteiger partial charge in [0.1, 0.15) is 17.3 Å². The van der Waals surface area contributed by atoms with Gasteiger partial charge in [0.25, 0.3) is 11.7 Å². The van der Waals surface area contributed by atoms with Gasteiger partial charge in [0.15, 0.2) is 0 Å². The fourth-order valence-corrected chi connectivity index (χ4v) is 4.86. The van der Waals surface area contributed by atoms with Crippen molar-refractivity contribution in [3.05, 3.63) is 94.6 Å². The van der Waals surface area contributed by atoms with E-state index in [2.05, 4.69) is 13.8 Å². The number of ketones is 1. The molecular formula is C31H31NO5. The SMILES string of the molecule is Cc1cccc(N2C(=O)C(=O)/C(=C(\O)c3ccc4c(c3)CCCO4)C2c2ccc(OCC(C)C)cc2)c1. The maximum Gasteiger partial charge on any atom is 0.300 e. The van der Waals surface area contributed by atoms with Gasteiger partial charge in [0, 0.05) is 11.3 Å². The smallest absolute Gasteiger partial charge is 0.300 e. The quantitative estimate of drug-likeness (QED) is 0.258. The fraction of sp³-hybridized carbons (Fsp3) is 0.290. The first-order valence-electron chi connectivity index (χ1n) is 12.7. The molecule has 1 atom stereocenters. The molecule has 1 fully saturated rings. The van der Waals surface area contributed by atoms with E-state index in [0.29, 0.717) is 41.7 Å². The molecule has 5 rings (SSSR count). The van der Waals surface area contributed by atoms with Crippen molar-refractivity contribution in [2.24, 2.45) is 5.92 Å². The number of aliphatic hydroxyl groups is 1. The Labute approximate surface area is 217 Å². The Kier molecular flexibility index (Phi) is 6.74. The van der Waals surface area contributed by atoms with Crippen molar-refractivity contribution >= 4 is 23.1 Å². The van der Waals surface area contributed by atoms with Crippen LogP contribution in [0.2, 0.25) is 0 Å². The molecular weight excluding hydrogens is 466 g/mol. The minimum atomic E-state index is -0.784. The average Bonchev–Trinajstić information content (AvgIpc) is 3.17. The number of anilines is 1. The van der Waals surface area contributed by atoms with Crippen LogP contribution in [0.25, 0.3) is 5.76 Å². The molecule has 0 radical (unpaired) electrons. The van der Waals surface area contributed by atoms with Crippen LogP contribution in [0.1, 0.15) is 48.6 Å². The number of aryl methyl sites for hydroxylation is 2. The second-order valence-corrected chi connectivity index (χ2v) is 10.1. The maximum atomic E-state index is 13.4. The summed E-state index contributed by atoms with van der Waals surface area (Å²) in [4.78, 5) is 28.3. The number of benzene rings is 3. The molecule has 3 aromatic rings. The highest BCUT2D eigenvalue weighted by atomic mass is 16.5.